The molecule has 1 aromatic carbocycles. The van der Waals surface area contributed by atoms with Crippen molar-refractivity contribution in [2.24, 2.45) is 7.05 Å². The highest BCUT2D eigenvalue weighted by atomic mass is 35.5. The first kappa shape index (κ1) is 16.1. The van der Waals surface area contributed by atoms with Crippen molar-refractivity contribution in [3.05, 3.63) is 47.0 Å². The number of hydrogen-bond donors (Lipinski definition) is 0. The van der Waals surface area contributed by atoms with Crippen LogP contribution in [0.15, 0.2) is 30.5 Å². The van der Waals surface area contributed by atoms with E-state index in [1.165, 1.54) is 16.8 Å². The first-order valence-corrected chi connectivity index (χ1v) is 7.15. The number of carbonyl (C=O) groups is 1. The topological polar surface area (TPSA) is 53.3 Å². The van der Waals surface area contributed by atoms with Crippen LogP contribution in [0.1, 0.15) is 23.0 Å². The zero-order chi connectivity index (χ0) is 16.1. The molecule has 0 aliphatic rings. The van der Waals surface area contributed by atoms with Gasteiger partial charge in [0.2, 0.25) is 11.1 Å². The van der Waals surface area contributed by atoms with E-state index in [1.54, 1.807) is 26.3 Å². The van der Waals surface area contributed by atoms with E-state index in [0.717, 1.165) is 5.56 Å². The Kier molecular flexibility index (Phi) is 5.22. The van der Waals surface area contributed by atoms with Crippen molar-refractivity contribution >= 4 is 23.5 Å². The minimum absolute atomic E-state index is 0.171. The fourth-order valence-corrected chi connectivity index (χ4v) is 2.08. The molecule has 0 aliphatic heterocycles. The van der Waals surface area contributed by atoms with Crippen molar-refractivity contribution in [2.45, 2.75) is 6.92 Å². The first-order chi connectivity index (χ1) is 10.6. The highest BCUT2D eigenvalue weighted by Crippen LogP contribution is 2.28. The van der Waals surface area contributed by atoms with Gasteiger partial charge in [0.15, 0.2) is 11.5 Å². The normalized spacial score (nSPS) is 10.9. The highest BCUT2D eigenvalue weighted by molar-refractivity contribution is 6.28. The Labute approximate surface area is 134 Å². The predicted molar refractivity (Wildman–Crippen MR) is 85.7 cm³/mol. The molecule has 0 atom stereocenters. The zero-order valence-corrected chi connectivity index (χ0v) is 13.4. The van der Waals surface area contributed by atoms with Crippen molar-refractivity contribution in [2.75, 3.05) is 13.7 Å². The Morgan fingerprint density at radius 1 is 1.41 bits per heavy atom. The number of methoxy groups -OCH3 is 1. The second kappa shape index (κ2) is 7.13. The maximum atomic E-state index is 12.1. The molecule has 0 amide bonds. The standard InChI is InChI=1S/C16H17ClN2O3/c1-4-22-15-9-11(6-8-14(15)21-3)5-7-13(20)12-10-18-16(17)19(12)2/h5-10H,4H2,1-3H3/b7-5+. The molecule has 116 valence electrons. The lowest BCUT2D eigenvalue weighted by molar-refractivity contribution is 0.104. The molecule has 0 fully saturated rings. The third-order valence-electron chi connectivity index (χ3n) is 3.10. The summed E-state index contributed by atoms with van der Waals surface area (Å²) in [6.07, 6.45) is 4.64. The Morgan fingerprint density at radius 3 is 2.77 bits per heavy atom. The molecule has 22 heavy (non-hydrogen) atoms. The number of carbonyl (C=O) groups excluding carboxylic acids is 1. The lowest BCUT2D eigenvalue weighted by atomic mass is 10.1. The molecule has 0 saturated heterocycles. The lowest BCUT2D eigenvalue weighted by Crippen LogP contribution is -2.02. The molecule has 0 spiro atoms. The summed E-state index contributed by atoms with van der Waals surface area (Å²) in [6, 6.07) is 5.47. The summed E-state index contributed by atoms with van der Waals surface area (Å²) in [6.45, 7) is 2.44. The van der Waals surface area contributed by atoms with Crippen molar-refractivity contribution in [3.8, 4) is 11.5 Å². The van der Waals surface area contributed by atoms with Gasteiger partial charge in [-0.2, -0.15) is 0 Å². The molecular formula is C16H17ClN2O3. The van der Waals surface area contributed by atoms with Gasteiger partial charge in [-0.15, -0.1) is 0 Å². The Hall–Kier alpha value is -2.27. The third-order valence-corrected chi connectivity index (χ3v) is 3.45. The number of allylic oxidation sites excluding steroid dienone is 1. The van der Waals surface area contributed by atoms with Crippen molar-refractivity contribution < 1.29 is 14.3 Å². The molecule has 1 aromatic heterocycles. The molecule has 0 N–H and O–H groups in total. The Bertz CT molecular complexity index is 707. The average molecular weight is 321 g/mol. The quantitative estimate of drug-likeness (QED) is 0.605. The summed E-state index contributed by atoms with van der Waals surface area (Å²) in [5.41, 5.74) is 1.27. The van der Waals surface area contributed by atoms with Crippen molar-refractivity contribution in [3.63, 3.8) is 0 Å². The fourth-order valence-electron chi connectivity index (χ4n) is 1.94. The molecule has 0 bridgehead atoms. The van der Waals surface area contributed by atoms with Gasteiger partial charge in [0.1, 0.15) is 5.69 Å². The maximum absolute atomic E-state index is 12.1. The molecule has 6 heteroatoms. The molecule has 0 saturated carbocycles. The molecular weight excluding hydrogens is 304 g/mol. The van der Waals surface area contributed by atoms with Crippen LogP contribution in [0.25, 0.3) is 6.08 Å². The number of benzene rings is 1. The van der Waals surface area contributed by atoms with Gasteiger partial charge in [0.25, 0.3) is 0 Å². The van der Waals surface area contributed by atoms with E-state index in [2.05, 4.69) is 4.98 Å². The van der Waals surface area contributed by atoms with Crippen LogP contribution in [0.4, 0.5) is 0 Å². The van der Waals surface area contributed by atoms with Crippen molar-refractivity contribution in [1.82, 2.24) is 9.55 Å². The van der Waals surface area contributed by atoms with E-state index >= 15 is 0 Å². The zero-order valence-electron chi connectivity index (χ0n) is 12.7. The maximum Gasteiger partial charge on any atom is 0.203 e. The summed E-state index contributed by atoms with van der Waals surface area (Å²) in [4.78, 5) is 16.0. The number of nitrogens with zero attached hydrogens (tertiary/aromatic N) is 2. The minimum atomic E-state index is -0.171. The molecule has 2 rings (SSSR count). The molecule has 0 unspecified atom stereocenters. The highest BCUT2D eigenvalue weighted by Gasteiger charge is 2.10. The fraction of sp³-hybridized carbons (Fsp3) is 0.250. The first-order valence-electron chi connectivity index (χ1n) is 6.77. The Balaban J connectivity index is 2.21. The molecule has 5 nitrogen and oxygen atoms in total. The van der Waals surface area contributed by atoms with Crippen LogP contribution in [-0.2, 0) is 7.05 Å². The number of aromatic nitrogens is 2. The third kappa shape index (κ3) is 3.49. The van der Waals surface area contributed by atoms with Gasteiger partial charge in [-0.1, -0.05) is 12.1 Å². The SMILES string of the molecule is CCOc1cc(/C=C/C(=O)c2cnc(Cl)n2C)ccc1OC. The van der Waals surface area contributed by atoms with Gasteiger partial charge in [-0.25, -0.2) is 4.98 Å². The Morgan fingerprint density at radius 2 is 2.18 bits per heavy atom. The van der Waals surface area contributed by atoms with Crippen LogP contribution >= 0.6 is 11.6 Å². The summed E-state index contributed by atoms with van der Waals surface area (Å²) in [5.74, 6) is 1.13. The van der Waals surface area contributed by atoms with Crippen LogP contribution in [0.5, 0.6) is 11.5 Å². The second-order valence-electron chi connectivity index (χ2n) is 4.51. The second-order valence-corrected chi connectivity index (χ2v) is 4.85. The summed E-state index contributed by atoms with van der Waals surface area (Å²) < 4.78 is 12.3. The molecule has 1 heterocycles. The summed E-state index contributed by atoms with van der Waals surface area (Å²) in [5, 5.41) is 0.278. The van der Waals surface area contributed by atoms with Crippen LogP contribution in [0.3, 0.4) is 0 Å². The number of hydrogen-bond acceptors (Lipinski definition) is 4. The van der Waals surface area contributed by atoms with E-state index in [0.29, 0.717) is 23.8 Å². The summed E-state index contributed by atoms with van der Waals surface area (Å²) in [7, 11) is 3.28. The number of ketones is 1. The largest absolute Gasteiger partial charge is 0.493 e. The number of ether oxygens (including phenoxy) is 2. The van der Waals surface area contributed by atoms with Gasteiger partial charge < -0.3 is 14.0 Å². The van der Waals surface area contributed by atoms with E-state index in [1.807, 2.05) is 19.1 Å². The van der Waals surface area contributed by atoms with E-state index < -0.39 is 0 Å². The minimum Gasteiger partial charge on any atom is -0.493 e. The number of imidazole rings is 1. The van der Waals surface area contributed by atoms with E-state index in [9.17, 15) is 4.79 Å². The number of halogens is 1. The smallest absolute Gasteiger partial charge is 0.203 e. The van der Waals surface area contributed by atoms with Gasteiger partial charge >= 0.3 is 0 Å². The molecule has 0 aliphatic carbocycles. The van der Waals surface area contributed by atoms with E-state index in [-0.39, 0.29) is 11.1 Å². The van der Waals surface area contributed by atoms with E-state index in [4.69, 9.17) is 21.1 Å². The predicted octanol–water partition coefficient (Wildman–Crippen LogP) is 3.38. The molecule has 0 radical (unpaired) electrons. The lowest BCUT2D eigenvalue weighted by Gasteiger charge is -2.09. The van der Waals surface area contributed by atoms with Crippen molar-refractivity contribution in [1.29, 1.82) is 0 Å². The van der Waals surface area contributed by atoms with Gasteiger partial charge in [0.05, 0.1) is 19.9 Å². The monoisotopic (exact) mass is 320 g/mol. The average Bonchev–Trinajstić information content (AvgIpc) is 2.85. The van der Waals surface area contributed by atoms with Crippen LogP contribution in [0, 0.1) is 0 Å². The van der Waals surface area contributed by atoms with Gasteiger partial charge in [-0.05, 0) is 42.3 Å². The number of rotatable bonds is 6. The molecule has 2 aromatic rings. The van der Waals surface area contributed by atoms with Crippen LogP contribution in [-0.4, -0.2) is 29.1 Å². The van der Waals surface area contributed by atoms with Gasteiger partial charge in [-0.3, -0.25) is 4.79 Å². The van der Waals surface area contributed by atoms with Gasteiger partial charge in [0, 0.05) is 7.05 Å². The van der Waals surface area contributed by atoms with Crippen LogP contribution in [0.2, 0.25) is 5.28 Å². The summed E-state index contributed by atoms with van der Waals surface area (Å²) >= 11 is 5.82. The van der Waals surface area contributed by atoms with Crippen LogP contribution < -0.4 is 9.47 Å².